The van der Waals surface area contributed by atoms with Gasteiger partial charge in [-0.25, -0.2) is 9.37 Å². The molecule has 176 valence electrons. The predicted octanol–water partition coefficient (Wildman–Crippen LogP) is 5.68. The Morgan fingerprint density at radius 1 is 1.24 bits per heavy atom. The maximum Gasteiger partial charge on any atom is 0.417 e. The highest BCUT2D eigenvalue weighted by molar-refractivity contribution is 6.35. The summed E-state index contributed by atoms with van der Waals surface area (Å²) < 4.78 is 81.1. The minimum absolute atomic E-state index is 0.0149. The second-order valence-corrected chi connectivity index (χ2v) is 8.45. The van der Waals surface area contributed by atoms with E-state index >= 15 is 0 Å². The molecule has 0 spiro atoms. The normalized spacial score (nSPS) is 25.5. The second-order valence-electron chi connectivity index (χ2n) is 8.05. The molecule has 1 fully saturated rings. The summed E-state index contributed by atoms with van der Waals surface area (Å²) in [6.45, 7) is 2.18. The van der Waals surface area contributed by atoms with Crippen LogP contribution in [0.4, 0.5) is 22.0 Å². The van der Waals surface area contributed by atoms with Crippen LogP contribution in [0.25, 0.3) is 11.0 Å². The van der Waals surface area contributed by atoms with Gasteiger partial charge in [-0.3, -0.25) is 4.79 Å². The third kappa shape index (κ3) is 3.56. The topological polar surface area (TPSA) is 64.2 Å². The Labute approximate surface area is 189 Å². The molecule has 0 unspecified atom stereocenters. The molecule has 1 aliphatic heterocycles. The van der Waals surface area contributed by atoms with Gasteiger partial charge in [0.2, 0.25) is 5.82 Å². The van der Waals surface area contributed by atoms with Gasteiger partial charge in [0.15, 0.2) is 22.6 Å². The molecule has 2 aromatic heterocycles. The summed E-state index contributed by atoms with van der Waals surface area (Å²) in [5, 5.41) is 0.182. The first-order valence-electron chi connectivity index (χ1n) is 9.84. The molecule has 1 aliphatic rings. The first-order valence-corrected chi connectivity index (χ1v) is 10.2. The van der Waals surface area contributed by atoms with E-state index in [-0.39, 0.29) is 27.3 Å². The Kier molecular flexibility index (Phi) is 5.65. The van der Waals surface area contributed by atoms with Crippen LogP contribution in [0.1, 0.15) is 37.1 Å². The summed E-state index contributed by atoms with van der Waals surface area (Å²) in [6, 6.07) is 4.45. The minimum Gasteiger partial charge on any atom is -0.493 e. The van der Waals surface area contributed by atoms with Crippen LogP contribution in [0.2, 0.25) is 5.02 Å². The number of fused-ring (bicyclic) bond motifs is 1. The van der Waals surface area contributed by atoms with Gasteiger partial charge in [0.25, 0.3) is 0 Å². The van der Waals surface area contributed by atoms with E-state index in [1.807, 2.05) is 0 Å². The van der Waals surface area contributed by atoms with Crippen LogP contribution in [0.3, 0.4) is 0 Å². The van der Waals surface area contributed by atoms with Crippen LogP contribution in [-0.4, -0.2) is 28.9 Å². The zero-order valence-electron chi connectivity index (χ0n) is 17.6. The first-order chi connectivity index (χ1) is 15.4. The average molecular weight is 489 g/mol. The molecule has 4 atom stereocenters. The summed E-state index contributed by atoms with van der Waals surface area (Å²) in [5.41, 5.74) is -3.23. The highest BCUT2D eigenvalue weighted by atomic mass is 35.5. The van der Waals surface area contributed by atoms with Gasteiger partial charge in [-0.15, -0.1) is 0 Å². The van der Waals surface area contributed by atoms with E-state index in [4.69, 9.17) is 21.1 Å². The molecule has 11 heteroatoms. The third-order valence-electron chi connectivity index (χ3n) is 6.31. The molecular formula is C22H18ClF5N2O3. The lowest BCUT2D eigenvalue weighted by Crippen LogP contribution is -2.46. The number of hydrogen-bond donors (Lipinski definition) is 1. The third-order valence-corrected chi connectivity index (χ3v) is 6.63. The first kappa shape index (κ1) is 23.4. The van der Waals surface area contributed by atoms with E-state index < -0.39 is 52.5 Å². The SMILES string of the molecule is COc1c([C@H]2[C@H](c3cc(=O)c4c(Cl)ccnc4[nH]3)O[C@@](C)(C(F)(F)F)[C@H]2C)ccc(F)c1F. The fraction of sp³-hybridized carbons (Fsp3) is 0.364. The quantitative estimate of drug-likeness (QED) is 0.482. The van der Waals surface area contributed by atoms with Crippen LogP contribution >= 0.6 is 11.6 Å². The van der Waals surface area contributed by atoms with Crippen LogP contribution in [0.15, 0.2) is 35.3 Å². The number of aromatic nitrogens is 2. The average Bonchev–Trinajstić information content (AvgIpc) is 3.02. The van der Waals surface area contributed by atoms with E-state index in [1.54, 1.807) is 0 Å². The minimum atomic E-state index is -4.80. The maximum atomic E-state index is 14.5. The number of aromatic amines is 1. The number of nitrogens with one attached hydrogen (secondary N) is 1. The van der Waals surface area contributed by atoms with E-state index in [2.05, 4.69) is 9.97 Å². The van der Waals surface area contributed by atoms with Gasteiger partial charge in [-0.2, -0.15) is 17.6 Å². The number of hydrogen-bond acceptors (Lipinski definition) is 4. The molecule has 1 N–H and O–H groups in total. The van der Waals surface area contributed by atoms with Gasteiger partial charge >= 0.3 is 6.18 Å². The number of methoxy groups -OCH3 is 1. The number of benzene rings is 1. The number of ether oxygens (including phenoxy) is 2. The van der Waals surface area contributed by atoms with Crippen molar-refractivity contribution in [3.05, 3.63) is 68.6 Å². The summed E-state index contributed by atoms with van der Waals surface area (Å²) in [7, 11) is 1.09. The molecule has 5 nitrogen and oxygen atoms in total. The Balaban J connectivity index is 1.97. The molecule has 3 aromatic rings. The van der Waals surface area contributed by atoms with Crippen molar-refractivity contribution in [3.63, 3.8) is 0 Å². The van der Waals surface area contributed by atoms with Crippen LogP contribution in [-0.2, 0) is 4.74 Å². The predicted molar refractivity (Wildman–Crippen MR) is 110 cm³/mol. The molecule has 33 heavy (non-hydrogen) atoms. The van der Waals surface area contributed by atoms with Gasteiger partial charge in [0.05, 0.1) is 23.2 Å². The van der Waals surface area contributed by atoms with Crippen molar-refractivity contribution in [3.8, 4) is 5.75 Å². The Morgan fingerprint density at radius 2 is 1.94 bits per heavy atom. The molecule has 0 radical (unpaired) electrons. The lowest BCUT2D eigenvalue weighted by atomic mass is 9.76. The van der Waals surface area contributed by atoms with E-state index in [0.29, 0.717) is 0 Å². The van der Waals surface area contributed by atoms with Crippen LogP contribution in [0.5, 0.6) is 5.75 Å². The summed E-state index contributed by atoms with van der Waals surface area (Å²) in [5.74, 6) is -5.50. The highest BCUT2D eigenvalue weighted by Crippen LogP contribution is 2.59. The summed E-state index contributed by atoms with van der Waals surface area (Å²) >= 11 is 6.07. The summed E-state index contributed by atoms with van der Waals surface area (Å²) in [6.07, 6.45) is -4.86. The Hall–Kier alpha value is -2.72. The lowest BCUT2D eigenvalue weighted by molar-refractivity contribution is -0.275. The van der Waals surface area contributed by atoms with Crippen molar-refractivity contribution in [1.82, 2.24) is 9.97 Å². The van der Waals surface area contributed by atoms with Gasteiger partial charge < -0.3 is 14.5 Å². The van der Waals surface area contributed by atoms with Crippen molar-refractivity contribution in [2.24, 2.45) is 5.92 Å². The number of halogens is 6. The largest absolute Gasteiger partial charge is 0.493 e. The summed E-state index contributed by atoms with van der Waals surface area (Å²) in [4.78, 5) is 19.6. The van der Waals surface area contributed by atoms with E-state index in [1.165, 1.54) is 19.2 Å². The maximum absolute atomic E-state index is 14.5. The van der Waals surface area contributed by atoms with Gasteiger partial charge in [0, 0.05) is 29.7 Å². The van der Waals surface area contributed by atoms with Crippen LogP contribution < -0.4 is 10.2 Å². The standard InChI is InChI=1S/C22H18ClF5N2O3/c1-9-15(10-4-5-12(24)17(25)18(10)32-3)19(33-21(9,2)22(26,27)28)13-8-14(31)16-11(23)6-7-29-20(16)30-13/h4-9,15,19H,1-3H3,(H,29,30,31)/t9-,15-,19-,21+/m0/s1. The smallest absolute Gasteiger partial charge is 0.417 e. The molecular weight excluding hydrogens is 471 g/mol. The van der Waals surface area contributed by atoms with Crippen molar-refractivity contribution >= 4 is 22.6 Å². The van der Waals surface area contributed by atoms with Crippen molar-refractivity contribution in [1.29, 1.82) is 0 Å². The number of alkyl halides is 3. The van der Waals surface area contributed by atoms with Crippen LogP contribution in [0, 0.1) is 17.6 Å². The second kappa shape index (κ2) is 7.95. The van der Waals surface area contributed by atoms with Gasteiger partial charge in [-0.05, 0) is 19.1 Å². The number of pyridine rings is 2. The van der Waals surface area contributed by atoms with Gasteiger partial charge in [-0.1, -0.05) is 24.6 Å². The number of H-pyrrole nitrogens is 1. The molecule has 4 rings (SSSR count). The monoisotopic (exact) mass is 488 g/mol. The van der Waals surface area contributed by atoms with E-state index in [0.717, 1.165) is 32.2 Å². The zero-order chi connectivity index (χ0) is 24.3. The zero-order valence-corrected chi connectivity index (χ0v) is 18.3. The molecule has 3 heterocycles. The Bertz CT molecular complexity index is 1300. The lowest BCUT2D eigenvalue weighted by Gasteiger charge is -2.32. The number of nitrogens with zero attached hydrogens (tertiary/aromatic N) is 1. The van der Waals surface area contributed by atoms with Crippen molar-refractivity contribution in [2.45, 2.75) is 37.6 Å². The molecule has 0 saturated carbocycles. The fourth-order valence-corrected chi connectivity index (χ4v) is 4.63. The molecule has 1 saturated heterocycles. The van der Waals surface area contributed by atoms with Crippen molar-refractivity contribution in [2.75, 3.05) is 7.11 Å². The molecule has 1 aromatic carbocycles. The van der Waals surface area contributed by atoms with Crippen molar-refractivity contribution < 1.29 is 31.4 Å². The molecule has 0 aliphatic carbocycles. The molecule has 0 bridgehead atoms. The Morgan fingerprint density at radius 3 is 2.58 bits per heavy atom. The fourth-order valence-electron chi connectivity index (χ4n) is 4.39. The number of rotatable bonds is 3. The van der Waals surface area contributed by atoms with Gasteiger partial charge in [0.1, 0.15) is 11.8 Å². The highest BCUT2D eigenvalue weighted by Gasteiger charge is 2.65. The van der Waals surface area contributed by atoms with E-state index in [9.17, 15) is 26.7 Å². The molecule has 0 amide bonds.